The third kappa shape index (κ3) is 2.98. The van der Waals surface area contributed by atoms with Crippen molar-refractivity contribution in [2.75, 3.05) is 7.11 Å². The minimum absolute atomic E-state index is 0.0969. The van der Waals surface area contributed by atoms with Gasteiger partial charge in [0.2, 0.25) is 0 Å². The molecule has 0 radical (unpaired) electrons. The van der Waals surface area contributed by atoms with Gasteiger partial charge in [-0.15, -0.1) is 0 Å². The molecule has 0 unspecified atom stereocenters. The molecule has 88 valence electrons. The highest BCUT2D eigenvalue weighted by molar-refractivity contribution is 5.97. The zero-order chi connectivity index (χ0) is 12.7. The molecule has 5 nitrogen and oxygen atoms in total. The smallest absolute Gasteiger partial charge is 0.341 e. The third-order valence-corrected chi connectivity index (χ3v) is 1.59. The average molecular weight is 225 g/mol. The highest BCUT2D eigenvalue weighted by Crippen LogP contribution is 2.17. The summed E-state index contributed by atoms with van der Waals surface area (Å²) in [5.74, 6) is -1.27. The van der Waals surface area contributed by atoms with E-state index < -0.39 is 11.9 Å². The number of carbonyl (C=O) groups is 2. The zero-order valence-corrected chi connectivity index (χ0v) is 9.57. The molecule has 0 saturated carbocycles. The van der Waals surface area contributed by atoms with Crippen molar-refractivity contribution in [3.05, 3.63) is 29.7 Å². The summed E-state index contributed by atoms with van der Waals surface area (Å²) in [6.45, 7) is 7.43. The van der Waals surface area contributed by atoms with Gasteiger partial charge in [-0.25, -0.2) is 4.79 Å². The van der Waals surface area contributed by atoms with Gasteiger partial charge in [0.1, 0.15) is 11.3 Å². The molecule has 0 aliphatic heterocycles. The number of esters is 1. The quantitative estimate of drug-likeness (QED) is 0.795. The number of ether oxygens (including phenoxy) is 1. The zero-order valence-electron chi connectivity index (χ0n) is 9.57. The van der Waals surface area contributed by atoms with E-state index in [0.29, 0.717) is 0 Å². The van der Waals surface area contributed by atoms with Crippen molar-refractivity contribution < 1.29 is 18.7 Å². The monoisotopic (exact) mass is 225 g/mol. The molecule has 0 aliphatic rings. The Balaban J connectivity index is 0.00000106. The fourth-order valence-electron chi connectivity index (χ4n) is 0.948. The van der Waals surface area contributed by atoms with Gasteiger partial charge in [0.15, 0.2) is 5.76 Å². The third-order valence-electron chi connectivity index (χ3n) is 1.59. The molecule has 1 heterocycles. The molecule has 0 aliphatic carbocycles. The standard InChI is InChI=1S/C9H9NO4.C2H6/c1-3-6-5(9(12)13-2)4-7(14-6)8(10)11;1-2/h3-4H,1H2,2H3,(H2,10,11);1-2H3. The molecule has 0 fully saturated rings. The lowest BCUT2D eigenvalue weighted by Crippen LogP contribution is -2.09. The van der Waals surface area contributed by atoms with Crippen molar-refractivity contribution in [3.63, 3.8) is 0 Å². The molecule has 2 N–H and O–H groups in total. The maximum absolute atomic E-state index is 11.1. The first kappa shape index (κ1) is 14.0. The van der Waals surface area contributed by atoms with Crippen molar-refractivity contribution in [1.29, 1.82) is 0 Å². The largest absolute Gasteiger partial charge is 0.465 e. The summed E-state index contributed by atoms with van der Waals surface area (Å²) in [4.78, 5) is 21.9. The molecule has 0 aromatic carbocycles. The minimum Gasteiger partial charge on any atom is -0.465 e. The Bertz CT molecular complexity index is 393. The number of methoxy groups -OCH3 is 1. The van der Waals surface area contributed by atoms with Crippen LogP contribution < -0.4 is 5.73 Å². The number of furan rings is 1. The number of nitrogens with two attached hydrogens (primary N) is 1. The summed E-state index contributed by atoms with van der Waals surface area (Å²) in [6.07, 6.45) is 1.30. The van der Waals surface area contributed by atoms with Crippen LogP contribution in [0.15, 0.2) is 17.1 Å². The van der Waals surface area contributed by atoms with Gasteiger partial charge in [0.05, 0.1) is 7.11 Å². The topological polar surface area (TPSA) is 82.5 Å². The predicted molar refractivity (Wildman–Crippen MR) is 60.0 cm³/mol. The van der Waals surface area contributed by atoms with E-state index in [0.717, 1.165) is 0 Å². The van der Waals surface area contributed by atoms with Crippen LogP contribution >= 0.6 is 0 Å². The number of rotatable bonds is 3. The molecule has 0 bridgehead atoms. The van der Waals surface area contributed by atoms with E-state index in [2.05, 4.69) is 11.3 Å². The Morgan fingerprint density at radius 1 is 1.50 bits per heavy atom. The first-order valence-corrected chi connectivity index (χ1v) is 4.74. The molecule has 1 rings (SSSR count). The summed E-state index contributed by atoms with van der Waals surface area (Å²) in [5, 5.41) is 0. The maximum atomic E-state index is 11.1. The first-order valence-electron chi connectivity index (χ1n) is 4.74. The van der Waals surface area contributed by atoms with Crippen LogP contribution in [0.4, 0.5) is 0 Å². The van der Waals surface area contributed by atoms with Gasteiger partial charge in [-0.3, -0.25) is 4.79 Å². The number of hydrogen-bond acceptors (Lipinski definition) is 4. The van der Waals surface area contributed by atoms with Crippen LogP contribution in [0.1, 0.15) is 40.5 Å². The second kappa shape index (κ2) is 6.44. The number of primary amides is 1. The van der Waals surface area contributed by atoms with Crippen molar-refractivity contribution in [2.24, 2.45) is 5.73 Å². The number of carbonyl (C=O) groups excluding carboxylic acids is 2. The Morgan fingerprint density at radius 2 is 2.06 bits per heavy atom. The minimum atomic E-state index is -0.747. The van der Waals surface area contributed by atoms with Crippen LogP contribution in [0.5, 0.6) is 0 Å². The van der Waals surface area contributed by atoms with Gasteiger partial charge in [-0.1, -0.05) is 20.4 Å². The summed E-state index contributed by atoms with van der Waals surface area (Å²) in [6, 6.07) is 1.23. The van der Waals surface area contributed by atoms with Crippen LogP contribution in [-0.4, -0.2) is 19.0 Å². The Morgan fingerprint density at radius 3 is 2.44 bits per heavy atom. The van der Waals surface area contributed by atoms with Crippen molar-refractivity contribution in [2.45, 2.75) is 13.8 Å². The Hall–Kier alpha value is -2.04. The number of hydrogen-bond donors (Lipinski definition) is 1. The van der Waals surface area contributed by atoms with E-state index in [9.17, 15) is 9.59 Å². The van der Waals surface area contributed by atoms with Gasteiger partial charge in [-0.2, -0.15) is 0 Å². The van der Waals surface area contributed by atoms with E-state index in [1.165, 1.54) is 19.3 Å². The first-order chi connectivity index (χ1) is 7.60. The van der Waals surface area contributed by atoms with Gasteiger partial charge in [-0.05, 0) is 6.08 Å². The molecular weight excluding hydrogens is 210 g/mol. The Labute approximate surface area is 93.9 Å². The Kier molecular flexibility index (Phi) is 5.62. The lowest BCUT2D eigenvalue weighted by Gasteiger charge is -1.94. The van der Waals surface area contributed by atoms with Crippen molar-refractivity contribution in [1.82, 2.24) is 0 Å². The van der Waals surface area contributed by atoms with Gasteiger partial charge < -0.3 is 14.9 Å². The van der Waals surface area contributed by atoms with E-state index in [1.54, 1.807) is 0 Å². The van der Waals surface area contributed by atoms with Crippen LogP contribution in [0.3, 0.4) is 0 Å². The number of amides is 1. The van der Waals surface area contributed by atoms with E-state index in [-0.39, 0.29) is 17.1 Å². The van der Waals surface area contributed by atoms with E-state index >= 15 is 0 Å². The molecule has 0 atom stereocenters. The normalized spacial score (nSPS) is 8.69. The summed E-state index contributed by atoms with van der Waals surface area (Å²) in [5.41, 5.74) is 5.11. The van der Waals surface area contributed by atoms with Gasteiger partial charge in [0.25, 0.3) is 5.91 Å². The molecule has 0 saturated heterocycles. The second-order valence-electron chi connectivity index (χ2n) is 2.45. The van der Waals surface area contributed by atoms with Gasteiger partial charge in [0, 0.05) is 6.07 Å². The predicted octanol–water partition coefficient (Wildman–Crippen LogP) is 1.83. The molecule has 1 aromatic heterocycles. The van der Waals surface area contributed by atoms with Crippen molar-refractivity contribution in [3.8, 4) is 0 Å². The average Bonchev–Trinajstić information content (AvgIpc) is 2.74. The fraction of sp³-hybridized carbons (Fsp3) is 0.273. The highest BCUT2D eigenvalue weighted by atomic mass is 16.5. The van der Waals surface area contributed by atoms with Crippen molar-refractivity contribution >= 4 is 18.0 Å². The van der Waals surface area contributed by atoms with Gasteiger partial charge >= 0.3 is 5.97 Å². The summed E-state index contributed by atoms with van der Waals surface area (Å²) >= 11 is 0. The molecular formula is C11H15NO4. The fourth-order valence-corrected chi connectivity index (χ4v) is 0.948. The highest BCUT2D eigenvalue weighted by Gasteiger charge is 2.18. The maximum Gasteiger partial charge on any atom is 0.341 e. The summed E-state index contributed by atoms with van der Waals surface area (Å²) in [7, 11) is 1.23. The molecule has 1 amide bonds. The molecule has 0 spiro atoms. The van der Waals surface area contributed by atoms with E-state index in [4.69, 9.17) is 10.2 Å². The van der Waals surface area contributed by atoms with Crippen LogP contribution in [0.2, 0.25) is 0 Å². The lowest BCUT2D eigenvalue weighted by molar-refractivity contribution is 0.0599. The second-order valence-corrected chi connectivity index (χ2v) is 2.45. The van der Waals surface area contributed by atoms with E-state index in [1.807, 2.05) is 13.8 Å². The van der Waals surface area contributed by atoms with Crippen LogP contribution in [0.25, 0.3) is 6.08 Å². The lowest BCUT2D eigenvalue weighted by atomic mass is 10.2. The molecule has 5 heteroatoms. The van der Waals surface area contributed by atoms with Crippen LogP contribution in [0, 0.1) is 0 Å². The van der Waals surface area contributed by atoms with Crippen LogP contribution in [-0.2, 0) is 4.74 Å². The SMILES string of the molecule is C=Cc1oc(C(N)=O)cc1C(=O)OC.CC. The molecule has 1 aromatic rings. The summed E-state index contributed by atoms with van der Waals surface area (Å²) < 4.78 is 9.43. The molecule has 16 heavy (non-hydrogen) atoms.